The van der Waals surface area contributed by atoms with Crippen LogP contribution < -0.4 is 0 Å². The highest BCUT2D eigenvalue weighted by Gasteiger charge is 2.27. The second-order valence-corrected chi connectivity index (χ2v) is 9.80. The largest absolute Gasteiger partial charge is 0.494 e. The number of ketones is 1. The molecule has 31 heavy (non-hydrogen) atoms. The Hall–Kier alpha value is -1.05. The van der Waals surface area contributed by atoms with Gasteiger partial charge in [-0.05, 0) is 38.5 Å². The molecule has 0 aromatic rings. The minimum absolute atomic E-state index is 0.119. The van der Waals surface area contributed by atoms with Crippen LogP contribution in [0, 0.1) is 5.92 Å². The van der Waals surface area contributed by atoms with Gasteiger partial charge in [0.1, 0.15) is 6.10 Å². The number of carbonyl (C=O) groups is 1. The number of allylic oxidation sites excluding steroid dienone is 3. The summed E-state index contributed by atoms with van der Waals surface area (Å²) in [6.07, 6.45) is 29.7. The number of rotatable bonds is 21. The van der Waals surface area contributed by atoms with Crippen LogP contribution in [0.1, 0.15) is 142 Å². The highest BCUT2D eigenvalue weighted by atomic mass is 16.5. The van der Waals surface area contributed by atoms with E-state index < -0.39 is 0 Å². The Labute approximate surface area is 194 Å². The van der Waals surface area contributed by atoms with Crippen molar-refractivity contribution in [2.24, 2.45) is 5.92 Å². The Morgan fingerprint density at radius 2 is 1.35 bits per heavy atom. The topological polar surface area (TPSA) is 26.3 Å². The van der Waals surface area contributed by atoms with Gasteiger partial charge in [0.05, 0.1) is 5.76 Å². The van der Waals surface area contributed by atoms with Gasteiger partial charge in [-0.2, -0.15) is 0 Å². The van der Waals surface area contributed by atoms with Crippen LogP contribution in [-0.4, -0.2) is 11.9 Å². The fraction of sp³-hybridized carbons (Fsp3) is 0.828. The van der Waals surface area contributed by atoms with Gasteiger partial charge in [0.15, 0.2) is 5.78 Å². The number of hydrogen-bond acceptors (Lipinski definition) is 2. The first-order valence-corrected chi connectivity index (χ1v) is 13.7. The third-order valence-electron chi connectivity index (χ3n) is 6.79. The van der Waals surface area contributed by atoms with Crippen LogP contribution in [0.5, 0.6) is 0 Å². The molecule has 180 valence electrons. The van der Waals surface area contributed by atoms with Gasteiger partial charge in [-0.25, -0.2) is 0 Å². The molecule has 2 unspecified atom stereocenters. The van der Waals surface area contributed by atoms with Crippen LogP contribution in [0.3, 0.4) is 0 Å². The summed E-state index contributed by atoms with van der Waals surface area (Å²) < 4.78 is 6.11. The first kappa shape index (κ1) is 28.0. The molecule has 1 aliphatic heterocycles. The van der Waals surface area contributed by atoms with Crippen molar-refractivity contribution in [2.45, 2.75) is 148 Å². The van der Waals surface area contributed by atoms with E-state index >= 15 is 0 Å². The van der Waals surface area contributed by atoms with Crippen molar-refractivity contribution in [2.75, 3.05) is 0 Å². The van der Waals surface area contributed by atoms with Gasteiger partial charge in [-0.15, -0.1) is 6.58 Å². The summed E-state index contributed by atoms with van der Waals surface area (Å²) in [6, 6.07) is 0. The van der Waals surface area contributed by atoms with Crippen molar-refractivity contribution >= 4 is 5.78 Å². The smallest absolute Gasteiger partial charge is 0.162 e. The standard InChI is InChI=1S/C29H52O2/c1-4-6-8-10-12-13-14-15-17-19-21-23-27(22-20-18-16-11-9-7-5-2)29-25-28(30)24-26(3)31-29/h4,24,27,29H,1,5-23,25H2,2-3H3. The predicted octanol–water partition coefficient (Wildman–Crippen LogP) is 9.48. The summed E-state index contributed by atoms with van der Waals surface area (Å²) in [4.78, 5) is 12.1. The number of hydrogen-bond donors (Lipinski definition) is 0. The zero-order valence-corrected chi connectivity index (χ0v) is 21.0. The Morgan fingerprint density at radius 1 is 0.871 bits per heavy atom. The number of carbonyl (C=O) groups excluding carboxylic acids is 1. The van der Waals surface area contributed by atoms with E-state index in [1.54, 1.807) is 6.08 Å². The van der Waals surface area contributed by atoms with Crippen LogP contribution in [0.2, 0.25) is 0 Å². The molecular weight excluding hydrogens is 380 g/mol. The lowest BCUT2D eigenvalue weighted by Gasteiger charge is -2.30. The van der Waals surface area contributed by atoms with Crippen molar-refractivity contribution < 1.29 is 9.53 Å². The Morgan fingerprint density at radius 3 is 1.84 bits per heavy atom. The maximum absolute atomic E-state index is 12.1. The molecule has 1 aliphatic rings. The molecule has 0 aliphatic carbocycles. The van der Waals surface area contributed by atoms with Gasteiger partial charge in [-0.3, -0.25) is 4.79 Å². The molecule has 2 nitrogen and oxygen atoms in total. The lowest BCUT2D eigenvalue weighted by Crippen LogP contribution is -2.29. The van der Waals surface area contributed by atoms with Crippen LogP contribution in [0.4, 0.5) is 0 Å². The summed E-state index contributed by atoms with van der Waals surface area (Å²) in [5, 5.41) is 0. The fourth-order valence-electron chi connectivity index (χ4n) is 4.87. The molecule has 1 rings (SSSR count). The monoisotopic (exact) mass is 432 g/mol. The molecule has 0 saturated carbocycles. The molecule has 0 saturated heterocycles. The van der Waals surface area contributed by atoms with Crippen molar-refractivity contribution in [1.29, 1.82) is 0 Å². The summed E-state index contributed by atoms with van der Waals surface area (Å²) >= 11 is 0. The molecule has 0 radical (unpaired) electrons. The Kier molecular flexibility index (Phi) is 17.7. The normalized spacial score (nSPS) is 17.3. The molecule has 2 heteroatoms. The third-order valence-corrected chi connectivity index (χ3v) is 6.79. The van der Waals surface area contributed by atoms with E-state index in [1.165, 1.54) is 122 Å². The molecule has 0 aromatic carbocycles. The second-order valence-electron chi connectivity index (χ2n) is 9.80. The number of unbranched alkanes of at least 4 members (excludes halogenated alkanes) is 15. The van der Waals surface area contributed by atoms with Crippen molar-refractivity contribution in [3.63, 3.8) is 0 Å². The minimum atomic E-state index is 0.119. The van der Waals surface area contributed by atoms with Gasteiger partial charge in [0.25, 0.3) is 0 Å². The van der Waals surface area contributed by atoms with Gasteiger partial charge >= 0.3 is 0 Å². The van der Waals surface area contributed by atoms with Crippen LogP contribution in [-0.2, 0) is 9.53 Å². The quantitative estimate of drug-likeness (QED) is 0.133. The molecule has 0 spiro atoms. The van der Waals surface area contributed by atoms with Crippen LogP contribution >= 0.6 is 0 Å². The van der Waals surface area contributed by atoms with Gasteiger partial charge in [0, 0.05) is 12.5 Å². The zero-order chi connectivity index (χ0) is 22.6. The number of ether oxygens (including phenoxy) is 1. The van der Waals surface area contributed by atoms with E-state index in [0.29, 0.717) is 12.3 Å². The molecule has 0 fully saturated rings. The SMILES string of the molecule is C=CCCCCCCCCCCCC(CCCCCCCCC)C1CC(=O)C=C(C)O1. The molecule has 0 aromatic heterocycles. The lowest BCUT2D eigenvalue weighted by atomic mass is 9.86. The Balaban J connectivity index is 2.21. The molecule has 2 atom stereocenters. The van der Waals surface area contributed by atoms with Crippen molar-refractivity contribution in [3.8, 4) is 0 Å². The fourth-order valence-corrected chi connectivity index (χ4v) is 4.87. The average molecular weight is 433 g/mol. The summed E-state index contributed by atoms with van der Waals surface area (Å²) in [6.45, 7) is 8.01. The molecule has 0 amide bonds. The average Bonchev–Trinajstić information content (AvgIpc) is 2.74. The highest BCUT2D eigenvalue weighted by Crippen LogP contribution is 2.29. The summed E-state index contributed by atoms with van der Waals surface area (Å²) in [5.74, 6) is 1.62. The van der Waals surface area contributed by atoms with Gasteiger partial charge in [-0.1, -0.05) is 109 Å². The van der Waals surface area contributed by atoms with E-state index in [9.17, 15) is 4.79 Å². The van der Waals surface area contributed by atoms with E-state index in [1.807, 2.05) is 13.0 Å². The predicted molar refractivity (Wildman–Crippen MR) is 135 cm³/mol. The first-order valence-electron chi connectivity index (χ1n) is 13.7. The minimum Gasteiger partial charge on any atom is -0.494 e. The molecule has 0 bridgehead atoms. The van der Waals surface area contributed by atoms with Gasteiger partial charge in [0.2, 0.25) is 0 Å². The lowest BCUT2D eigenvalue weighted by molar-refractivity contribution is -0.119. The van der Waals surface area contributed by atoms with Crippen molar-refractivity contribution in [3.05, 3.63) is 24.5 Å². The second kappa shape index (κ2) is 19.6. The maximum atomic E-state index is 12.1. The molecule has 1 heterocycles. The van der Waals surface area contributed by atoms with Crippen LogP contribution in [0.25, 0.3) is 0 Å². The zero-order valence-electron chi connectivity index (χ0n) is 21.0. The molecule has 0 N–H and O–H groups in total. The summed E-state index contributed by atoms with van der Waals surface area (Å²) in [7, 11) is 0. The molecular formula is C29H52O2. The van der Waals surface area contributed by atoms with E-state index in [0.717, 1.165) is 5.76 Å². The first-order chi connectivity index (χ1) is 15.2. The van der Waals surface area contributed by atoms with E-state index in [2.05, 4.69) is 13.5 Å². The van der Waals surface area contributed by atoms with Crippen LogP contribution in [0.15, 0.2) is 24.5 Å². The van der Waals surface area contributed by atoms with Crippen molar-refractivity contribution in [1.82, 2.24) is 0 Å². The maximum Gasteiger partial charge on any atom is 0.162 e. The van der Waals surface area contributed by atoms with E-state index in [4.69, 9.17) is 4.74 Å². The summed E-state index contributed by atoms with van der Waals surface area (Å²) in [5.41, 5.74) is 0. The Bertz CT molecular complexity index is 479. The van der Waals surface area contributed by atoms with Gasteiger partial charge < -0.3 is 4.74 Å². The third kappa shape index (κ3) is 15.4. The highest BCUT2D eigenvalue weighted by molar-refractivity contribution is 5.91. The van der Waals surface area contributed by atoms with E-state index in [-0.39, 0.29) is 11.9 Å².